The van der Waals surface area contributed by atoms with Gasteiger partial charge in [-0.25, -0.2) is 4.98 Å². The second-order valence-corrected chi connectivity index (χ2v) is 5.70. The number of methoxy groups -OCH3 is 2. The number of aryl methyl sites for hydroxylation is 1. The predicted molar refractivity (Wildman–Crippen MR) is 94.1 cm³/mol. The molecule has 5 nitrogen and oxygen atoms in total. The lowest BCUT2D eigenvalue weighted by atomic mass is 10.1. The molecule has 0 aliphatic carbocycles. The third-order valence-electron chi connectivity index (χ3n) is 3.41. The van der Waals surface area contributed by atoms with E-state index in [0.717, 1.165) is 21.8 Å². The standard InChI is InChI=1S/C16H16N2O3S.ClH/c1-9-14(13-5-4-6-22-13)18-16(17-9)10-7-11(20-2)15(19)12(8-10)21-3;/h4-8,19H,1-3H3,(H,17,18);1H. The van der Waals surface area contributed by atoms with Gasteiger partial charge in [-0.3, -0.25) is 0 Å². The molecule has 0 aliphatic rings. The first-order valence-corrected chi connectivity index (χ1v) is 7.58. The van der Waals surface area contributed by atoms with Gasteiger partial charge >= 0.3 is 0 Å². The summed E-state index contributed by atoms with van der Waals surface area (Å²) in [5.41, 5.74) is 2.71. The number of ether oxygens (including phenoxy) is 2. The minimum Gasteiger partial charge on any atom is -0.502 e. The Morgan fingerprint density at radius 2 is 1.83 bits per heavy atom. The highest BCUT2D eigenvalue weighted by Gasteiger charge is 2.16. The van der Waals surface area contributed by atoms with E-state index in [9.17, 15) is 5.11 Å². The summed E-state index contributed by atoms with van der Waals surface area (Å²) in [6.07, 6.45) is 0. The summed E-state index contributed by atoms with van der Waals surface area (Å²) < 4.78 is 10.4. The van der Waals surface area contributed by atoms with Gasteiger partial charge in [0.25, 0.3) is 0 Å². The fourth-order valence-electron chi connectivity index (χ4n) is 2.29. The van der Waals surface area contributed by atoms with E-state index in [1.165, 1.54) is 14.2 Å². The number of imidazole rings is 1. The van der Waals surface area contributed by atoms with E-state index in [1.807, 2.05) is 24.4 Å². The van der Waals surface area contributed by atoms with Crippen molar-refractivity contribution in [1.29, 1.82) is 0 Å². The first kappa shape index (κ1) is 17.2. The van der Waals surface area contributed by atoms with Gasteiger partial charge in [0.05, 0.1) is 30.5 Å². The van der Waals surface area contributed by atoms with Crippen LogP contribution in [0.15, 0.2) is 29.6 Å². The molecule has 3 aromatic rings. The summed E-state index contributed by atoms with van der Waals surface area (Å²) in [4.78, 5) is 9.04. The van der Waals surface area contributed by atoms with E-state index >= 15 is 0 Å². The number of aromatic amines is 1. The molecule has 0 saturated carbocycles. The van der Waals surface area contributed by atoms with Crippen LogP contribution in [0.25, 0.3) is 22.0 Å². The summed E-state index contributed by atoms with van der Waals surface area (Å²) >= 11 is 1.66. The van der Waals surface area contributed by atoms with E-state index < -0.39 is 0 Å². The minimum atomic E-state index is -0.0180. The molecule has 0 spiro atoms. The number of thiophene rings is 1. The molecule has 2 heterocycles. The zero-order valence-corrected chi connectivity index (χ0v) is 14.5. The molecule has 0 saturated heterocycles. The number of halogens is 1. The van der Waals surface area contributed by atoms with E-state index in [2.05, 4.69) is 9.97 Å². The lowest BCUT2D eigenvalue weighted by Crippen LogP contribution is -1.91. The van der Waals surface area contributed by atoms with Crippen LogP contribution in [0, 0.1) is 6.92 Å². The second-order valence-electron chi connectivity index (χ2n) is 4.75. The summed E-state index contributed by atoms with van der Waals surface area (Å²) in [5, 5.41) is 12.0. The number of benzene rings is 1. The number of hydrogen-bond acceptors (Lipinski definition) is 5. The molecule has 2 aromatic heterocycles. The number of rotatable bonds is 4. The summed E-state index contributed by atoms with van der Waals surface area (Å²) in [6, 6.07) is 7.52. The average molecular weight is 353 g/mol. The number of nitrogens with one attached hydrogen (secondary N) is 1. The van der Waals surface area contributed by atoms with Crippen LogP contribution in [0.5, 0.6) is 17.2 Å². The quantitative estimate of drug-likeness (QED) is 0.736. The Morgan fingerprint density at radius 3 is 2.35 bits per heavy atom. The molecule has 0 bridgehead atoms. The van der Waals surface area contributed by atoms with E-state index in [4.69, 9.17) is 9.47 Å². The maximum atomic E-state index is 9.99. The molecule has 1 aromatic carbocycles. The monoisotopic (exact) mass is 352 g/mol. The van der Waals surface area contributed by atoms with Crippen LogP contribution in [0.2, 0.25) is 0 Å². The normalized spacial score (nSPS) is 10.2. The van der Waals surface area contributed by atoms with Crippen molar-refractivity contribution in [2.24, 2.45) is 0 Å². The number of nitrogens with zero attached hydrogens (tertiary/aromatic N) is 1. The van der Waals surface area contributed by atoms with Crippen LogP contribution in [0.1, 0.15) is 5.69 Å². The lowest BCUT2D eigenvalue weighted by Gasteiger charge is -2.10. The predicted octanol–water partition coefficient (Wildman–Crippen LogP) is 4.26. The highest BCUT2D eigenvalue weighted by atomic mass is 35.5. The Balaban J connectivity index is 0.00000192. The molecule has 3 rings (SSSR count). The molecule has 0 atom stereocenters. The second kappa shape index (κ2) is 6.93. The van der Waals surface area contributed by atoms with Gasteiger partial charge in [0.1, 0.15) is 5.82 Å². The van der Waals surface area contributed by atoms with Gasteiger partial charge in [-0.2, -0.15) is 0 Å². The third kappa shape index (κ3) is 3.13. The van der Waals surface area contributed by atoms with Crippen molar-refractivity contribution in [3.8, 4) is 39.2 Å². The number of H-pyrrole nitrogens is 1. The first-order valence-electron chi connectivity index (χ1n) is 6.70. The Kier molecular flexibility index (Phi) is 5.18. The maximum absolute atomic E-state index is 9.99. The van der Waals surface area contributed by atoms with Crippen LogP contribution in [-0.4, -0.2) is 29.3 Å². The number of aromatic hydroxyl groups is 1. The van der Waals surface area contributed by atoms with Gasteiger partial charge in [0.15, 0.2) is 11.5 Å². The van der Waals surface area contributed by atoms with Crippen LogP contribution in [0.4, 0.5) is 0 Å². The molecule has 7 heteroatoms. The van der Waals surface area contributed by atoms with Crippen molar-refractivity contribution >= 4 is 23.7 Å². The highest BCUT2D eigenvalue weighted by molar-refractivity contribution is 7.13. The van der Waals surface area contributed by atoms with Gasteiger partial charge in [-0.15, -0.1) is 23.7 Å². The fraction of sp³-hybridized carbons (Fsp3) is 0.188. The Morgan fingerprint density at radius 1 is 1.17 bits per heavy atom. The van der Waals surface area contributed by atoms with Gasteiger partial charge in [0.2, 0.25) is 5.75 Å². The molecule has 0 amide bonds. The molecule has 23 heavy (non-hydrogen) atoms. The molecular weight excluding hydrogens is 336 g/mol. The van der Waals surface area contributed by atoms with Crippen molar-refractivity contribution in [2.45, 2.75) is 6.92 Å². The lowest BCUT2D eigenvalue weighted by molar-refractivity contribution is 0.340. The molecule has 122 valence electrons. The van der Waals surface area contributed by atoms with Gasteiger partial charge in [-0.05, 0) is 30.5 Å². The first-order chi connectivity index (χ1) is 10.6. The zero-order chi connectivity index (χ0) is 15.7. The van der Waals surface area contributed by atoms with Crippen LogP contribution >= 0.6 is 23.7 Å². The SMILES string of the molecule is COc1cc(-c2nc(C)c(-c3cccs3)[nH]2)cc(OC)c1O.Cl. The number of aromatic nitrogens is 2. The zero-order valence-electron chi connectivity index (χ0n) is 12.9. The molecular formula is C16H17ClN2O3S. The minimum absolute atomic E-state index is 0. The highest BCUT2D eigenvalue weighted by Crippen LogP contribution is 2.40. The largest absolute Gasteiger partial charge is 0.502 e. The number of hydrogen-bond donors (Lipinski definition) is 2. The Hall–Kier alpha value is -2.18. The fourth-order valence-corrected chi connectivity index (χ4v) is 3.07. The summed E-state index contributed by atoms with van der Waals surface area (Å²) in [7, 11) is 3.01. The van der Waals surface area contributed by atoms with E-state index in [1.54, 1.807) is 23.5 Å². The molecule has 0 unspecified atom stereocenters. The average Bonchev–Trinajstić information content (AvgIpc) is 3.16. The summed E-state index contributed by atoms with van der Waals surface area (Å²) in [6.45, 7) is 1.96. The van der Waals surface area contributed by atoms with Crippen LogP contribution in [0.3, 0.4) is 0 Å². The number of phenols is 1. The smallest absolute Gasteiger partial charge is 0.200 e. The van der Waals surface area contributed by atoms with Crippen molar-refractivity contribution in [1.82, 2.24) is 9.97 Å². The Labute approximate surface area is 144 Å². The van der Waals surface area contributed by atoms with Crippen molar-refractivity contribution in [2.75, 3.05) is 14.2 Å². The van der Waals surface area contributed by atoms with Gasteiger partial charge in [0, 0.05) is 5.56 Å². The van der Waals surface area contributed by atoms with E-state index in [0.29, 0.717) is 17.3 Å². The Bertz CT molecular complexity index is 775. The molecule has 0 fully saturated rings. The number of phenolic OH excluding ortho intramolecular Hbond substituents is 1. The summed E-state index contributed by atoms with van der Waals surface area (Å²) in [5.74, 6) is 1.38. The third-order valence-corrected chi connectivity index (χ3v) is 4.29. The topological polar surface area (TPSA) is 67.4 Å². The van der Waals surface area contributed by atoms with Gasteiger partial charge in [-0.1, -0.05) is 6.07 Å². The van der Waals surface area contributed by atoms with E-state index in [-0.39, 0.29) is 18.2 Å². The van der Waals surface area contributed by atoms with Crippen LogP contribution < -0.4 is 9.47 Å². The van der Waals surface area contributed by atoms with Gasteiger partial charge < -0.3 is 19.6 Å². The van der Waals surface area contributed by atoms with Crippen molar-refractivity contribution in [3.63, 3.8) is 0 Å². The van der Waals surface area contributed by atoms with Crippen LogP contribution in [-0.2, 0) is 0 Å². The molecule has 2 N–H and O–H groups in total. The van der Waals surface area contributed by atoms with Crippen molar-refractivity contribution in [3.05, 3.63) is 35.3 Å². The molecule has 0 aliphatic heterocycles. The van der Waals surface area contributed by atoms with Crippen molar-refractivity contribution < 1.29 is 14.6 Å². The maximum Gasteiger partial charge on any atom is 0.200 e. The molecule has 0 radical (unpaired) electrons.